The van der Waals surface area contributed by atoms with Gasteiger partial charge in [0.25, 0.3) is 0 Å². The number of hydrogen-bond acceptors (Lipinski definition) is 4. The fraction of sp³-hybridized carbons (Fsp3) is 0.444. The fourth-order valence-electron chi connectivity index (χ4n) is 2.16. The first-order valence-electron chi connectivity index (χ1n) is 7.38. The Morgan fingerprint density at radius 3 is 2.05 bits per heavy atom. The number of hydrogen-bond donors (Lipinski definition) is 0. The molecule has 0 aromatic heterocycles. The van der Waals surface area contributed by atoms with Crippen LogP contribution in [0.2, 0.25) is 0 Å². The highest BCUT2D eigenvalue weighted by Gasteiger charge is 2.48. The van der Waals surface area contributed by atoms with E-state index in [0.717, 1.165) is 5.56 Å². The van der Waals surface area contributed by atoms with Crippen molar-refractivity contribution >= 4 is 11.9 Å². The van der Waals surface area contributed by atoms with Crippen LogP contribution < -0.4 is 0 Å². The van der Waals surface area contributed by atoms with E-state index in [1.807, 2.05) is 30.3 Å². The fourth-order valence-corrected chi connectivity index (χ4v) is 2.16. The topological polar surface area (TPSA) is 52.6 Å². The molecule has 4 nitrogen and oxygen atoms in total. The van der Waals surface area contributed by atoms with Crippen molar-refractivity contribution in [1.29, 1.82) is 0 Å². The van der Waals surface area contributed by atoms with E-state index >= 15 is 0 Å². The summed E-state index contributed by atoms with van der Waals surface area (Å²) in [5.41, 5.74) is -0.558. The Morgan fingerprint density at radius 2 is 1.59 bits per heavy atom. The Labute approximate surface area is 131 Å². The molecule has 1 rings (SSSR count). The Balaban J connectivity index is 3.24. The van der Waals surface area contributed by atoms with Crippen LogP contribution in [0.1, 0.15) is 32.8 Å². The highest BCUT2D eigenvalue weighted by Crippen LogP contribution is 2.31. The van der Waals surface area contributed by atoms with Gasteiger partial charge >= 0.3 is 11.9 Å². The van der Waals surface area contributed by atoms with Gasteiger partial charge in [0.15, 0.2) is 5.41 Å². The third kappa shape index (κ3) is 4.36. The molecule has 0 bridgehead atoms. The molecule has 0 heterocycles. The minimum Gasteiger partial charge on any atom is -0.465 e. The maximum absolute atomic E-state index is 12.5. The monoisotopic (exact) mass is 302 g/mol. The van der Waals surface area contributed by atoms with Gasteiger partial charge in [0.2, 0.25) is 0 Å². The van der Waals surface area contributed by atoms with Crippen LogP contribution in [0.25, 0.3) is 0 Å². The summed E-state index contributed by atoms with van der Waals surface area (Å²) < 4.78 is 10.3. The molecule has 0 saturated carbocycles. The molecule has 0 atom stereocenters. The summed E-state index contributed by atoms with van der Waals surface area (Å²) >= 11 is 0. The first kappa shape index (κ1) is 17.8. The van der Waals surface area contributed by atoms with Crippen LogP contribution in [0.5, 0.6) is 0 Å². The van der Waals surface area contributed by atoms with Crippen LogP contribution in [-0.4, -0.2) is 25.2 Å². The molecule has 0 aliphatic heterocycles. The van der Waals surface area contributed by atoms with E-state index in [1.54, 1.807) is 20.8 Å². The average Bonchev–Trinajstić information content (AvgIpc) is 2.52. The highest BCUT2D eigenvalue weighted by atomic mass is 16.6. The lowest BCUT2D eigenvalue weighted by molar-refractivity contribution is -0.171. The highest BCUT2D eigenvalue weighted by molar-refractivity contribution is 6.00. The lowest BCUT2D eigenvalue weighted by Crippen LogP contribution is -2.43. The lowest BCUT2D eigenvalue weighted by Gasteiger charge is -2.27. The van der Waals surface area contributed by atoms with Crippen molar-refractivity contribution in [2.45, 2.75) is 33.6 Å². The maximum atomic E-state index is 12.5. The molecule has 4 heteroatoms. The molecule has 1 aromatic rings. The third-order valence-corrected chi connectivity index (χ3v) is 3.25. The smallest absolute Gasteiger partial charge is 0.324 e. The maximum Gasteiger partial charge on any atom is 0.324 e. The Morgan fingerprint density at radius 1 is 1.05 bits per heavy atom. The summed E-state index contributed by atoms with van der Waals surface area (Å²) in [5, 5.41) is 0. The number of carbonyl (C=O) groups excluding carboxylic acids is 2. The van der Waals surface area contributed by atoms with Crippen LogP contribution in [0.15, 0.2) is 30.3 Å². The van der Waals surface area contributed by atoms with Crippen LogP contribution >= 0.6 is 0 Å². The molecule has 0 saturated heterocycles. The van der Waals surface area contributed by atoms with Gasteiger partial charge in [-0.15, -0.1) is 11.8 Å². The van der Waals surface area contributed by atoms with Gasteiger partial charge in [0, 0.05) is 12.8 Å². The van der Waals surface area contributed by atoms with E-state index in [1.165, 1.54) is 0 Å². The van der Waals surface area contributed by atoms with Crippen molar-refractivity contribution in [3.05, 3.63) is 35.9 Å². The summed E-state index contributed by atoms with van der Waals surface area (Å²) in [4.78, 5) is 25.0. The summed E-state index contributed by atoms with van der Waals surface area (Å²) in [5.74, 6) is 4.41. The zero-order valence-corrected chi connectivity index (χ0v) is 13.3. The number of esters is 2. The second-order valence-corrected chi connectivity index (χ2v) is 4.79. The van der Waals surface area contributed by atoms with Crippen molar-refractivity contribution in [1.82, 2.24) is 0 Å². The molecule has 1 aromatic carbocycles. The quantitative estimate of drug-likeness (QED) is 0.441. The Kier molecular flexibility index (Phi) is 7.18. The van der Waals surface area contributed by atoms with Gasteiger partial charge in [-0.2, -0.15) is 0 Å². The van der Waals surface area contributed by atoms with E-state index < -0.39 is 17.4 Å². The summed E-state index contributed by atoms with van der Waals surface area (Å²) in [6.07, 6.45) is 0.288. The molecule has 22 heavy (non-hydrogen) atoms. The van der Waals surface area contributed by atoms with Crippen LogP contribution in [0.4, 0.5) is 0 Å². The minimum absolute atomic E-state index is 0.0794. The number of benzene rings is 1. The predicted molar refractivity (Wildman–Crippen MR) is 83.9 cm³/mol. The predicted octanol–water partition coefficient (Wildman–Crippen LogP) is 2.76. The van der Waals surface area contributed by atoms with Crippen molar-refractivity contribution in [2.75, 3.05) is 13.2 Å². The molecular weight excluding hydrogens is 280 g/mol. The molecule has 0 amide bonds. The van der Waals surface area contributed by atoms with Gasteiger partial charge < -0.3 is 9.47 Å². The van der Waals surface area contributed by atoms with Crippen LogP contribution in [-0.2, 0) is 25.5 Å². The molecule has 118 valence electrons. The number of carbonyl (C=O) groups is 2. The zero-order valence-electron chi connectivity index (χ0n) is 13.3. The lowest BCUT2D eigenvalue weighted by atomic mass is 9.78. The van der Waals surface area contributed by atoms with E-state index in [9.17, 15) is 9.59 Å². The van der Waals surface area contributed by atoms with Gasteiger partial charge in [-0.05, 0) is 26.3 Å². The van der Waals surface area contributed by atoms with Gasteiger partial charge in [-0.1, -0.05) is 30.3 Å². The van der Waals surface area contributed by atoms with Gasteiger partial charge in [-0.25, -0.2) is 0 Å². The number of rotatable bonds is 7. The van der Waals surface area contributed by atoms with Crippen molar-refractivity contribution < 1.29 is 19.1 Å². The average molecular weight is 302 g/mol. The third-order valence-electron chi connectivity index (χ3n) is 3.25. The first-order valence-corrected chi connectivity index (χ1v) is 7.38. The molecule has 0 aliphatic carbocycles. The van der Waals surface area contributed by atoms with Gasteiger partial charge in [0.05, 0.1) is 13.2 Å². The molecule has 0 fully saturated rings. The van der Waals surface area contributed by atoms with Crippen molar-refractivity contribution in [3.63, 3.8) is 0 Å². The summed E-state index contributed by atoms with van der Waals surface area (Å²) in [7, 11) is 0. The second kappa shape index (κ2) is 8.89. The van der Waals surface area contributed by atoms with E-state index in [0.29, 0.717) is 0 Å². The normalized spacial score (nSPS) is 10.3. The number of ether oxygens (including phenoxy) is 2. The minimum atomic E-state index is -1.42. The van der Waals surface area contributed by atoms with Gasteiger partial charge in [-0.3, -0.25) is 9.59 Å². The molecule has 0 aliphatic rings. The molecule has 0 radical (unpaired) electrons. The van der Waals surface area contributed by atoms with Crippen LogP contribution in [0, 0.1) is 17.3 Å². The molecule has 0 N–H and O–H groups in total. The summed E-state index contributed by atoms with van der Waals surface area (Å²) in [6, 6.07) is 9.34. The van der Waals surface area contributed by atoms with E-state index in [2.05, 4.69) is 11.8 Å². The molecular formula is C18H22O4. The van der Waals surface area contributed by atoms with E-state index in [4.69, 9.17) is 9.47 Å². The van der Waals surface area contributed by atoms with Crippen molar-refractivity contribution in [2.24, 2.45) is 5.41 Å². The largest absolute Gasteiger partial charge is 0.465 e. The first-order chi connectivity index (χ1) is 10.6. The second-order valence-electron chi connectivity index (χ2n) is 4.79. The standard InChI is InChI=1S/C18H22O4/c1-4-7-13-18(16(19)21-5-2,17(20)22-6-3)14-15-11-9-8-10-12-15/h8-12H,5-6,13-14H2,1-3H3. The van der Waals surface area contributed by atoms with E-state index in [-0.39, 0.29) is 26.1 Å². The zero-order chi connectivity index (χ0) is 16.4. The van der Waals surface area contributed by atoms with Crippen LogP contribution in [0.3, 0.4) is 0 Å². The van der Waals surface area contributed by atoms with Gasteiger partial charge in [0.1, 0.15) is 0 Å². The molecule has 0 unspecified atom stereocenters. The van der Waals surface area contributed by atoms with Crippen molar-refractivity contribution in [3.8, 4) is 11.8 Å². The SMILES string of the molecule is CC#CCC(Cc1ccccc1)(C(=O)OCC)C(=O)OCC. The Hall–Kier alpha value is -2.28. The summed E-state index contributed by atoms with van der Waals surface area (Å²) in [6.45, 7) is 5.50. The molecule has 0 spiro atoms. The Bertz CT molecular complexity index is 533.